The molecule has 6 rings (SSSR count). The molecule has 6 aromatic rings. The molecule has 0 atom stereocenters. The maximum Gasteiger partial charge on any atom is 0.0979 e. The Morgan fingerprint density at radius 3 is 2.14 bits per heavy atom. The molecule has 132 valence electrons. The van der Waals surface area contributed by atoms with E-state index in [0.29, 0.717) is 0 Å². The highest BCUT2D eigenvalue weighted by Crippen LogP contribution is 2.40. The molecule has 0 saturated carbocycles. The van der Waals surface area contributed by atoms with E-state index in [1.165, 1.54) is 0 Å². The van der Waals surface area contributed by atoms with E-state index in [-0.39, 0.29) is 0 Å². The van der Waals surface area contributed by atoms with E-state index in [4.69, 9.17) is 4.98 Å². The lowest BCUT2D eigenvalue weighted by Gasteiger charge is -2.05. The molecule has 0 aliphatic carbocycles. The lowest BCUT2D eigenvalue weighted by molar-refractivity contribution is 1.41. The molecule has 0 bridgehead atoms. The Morgan fingerprint density at radius 2 is 1.36 bits per heavy atom. The quantitative estimate of drug-likeness (QED) is 0.402. The summed E-state index contributed by atoms with van der Waals surface area (Å²) in [4.78, 5) is 16.6. The minimum atomic E-state index is 0.962. The molecule has 2 aromatic carbocycles. The van der Waals surface area contributed by atoms with Crippen molar-refractivity contribution >= 4 is 33.0 Å². The van der Waals surface area contributed by atoms with Gasteiger partial charge in [0, 0.05) is 11.8 Å². The molecule has 0 fully saturated rings. The van der Waals surface area contributed by atoms with E-state index in [1.807, 2.05) is 36.7 Å². The molecule has 0 amide bonds. The van der Waals surface area contributed by atoms with Crippen molar-refractivity contribution < 1.29 is 0 Å². The first-order valence-electron chi connectivity index (χ1n) is 9.28. The molecule has 4 aromatic heterocycles. The number of aromatic amines is 2. The summed E-state index contributed by atoms with van der Waals surface area (Å²) >= 11 is 0. The van der Waals surface area contributed by atoms with Crippen LogP contribution in [0.1, 0.15) is 0 Å². The Kier molecular flexibility index (Phi) is 3.14. The Bertz CT molecular complexity index is 1440. The molecule has 0 unspecified atom stereocenters. The van der Waals surface area contributed by atoms with Crippen LogP contribution in [0.5, 0.6) is 0 Å². The molecule has 0 aliphatic rings. The second-order valence-corrected chi connectivity index (χ2v) is 6.90. The number of nitrogens with one attached hydrogen (secondary N) is 2. The van der Waals surface area contributed by atoms with E-state index in [2.05, 4.69) is 63.5 Å². The second kappa shape index (κ2) is 5.79. The van der Waals surface area contributed by atoms with Crippen LogP contribution >= 0.6 is 0 Å². The second-order valence-electron chi connectivity index (χ2n) is 6.90. The highest BCUT2D eigenvalue weighted by atomic mass is 14.9. The van der Waals surface area contributed by atoms with Crippen LogP contribution < -0.4 is 0 Å². The number of nitrogens with zero attached hydrogens (tertiary/aromatic N) is 2. The first-order valence-corrected chi connectivity index (χ1v) is 9.28. The fourth-order valence-corrected chi connectivity index (χ4v) is 4.03. The number of hydrogen-bond donors (Lipinski definition) is 2. The zero-order valence-electron chi connectivity index (χ0n) is 15.0. The molecule has 0 spiro atoms. The van der Waals surface area contributed by atoms with Gasteiger partial charge in [0.2, 0.25) is 0 Å². The van der Waals surface area contributed by atoms with Gasteiger partial charge in [0.15, 0.2) is 0 Å². The van der Waals surface area contributed by atoms with E-state index in [9.17, 15) is 0 Å². The maximum absolute atomic E-state index is 4.84. The standard InChI is InChI=1S/C24H16N4/c1-3-8-15(9-4-1)19-21(16-10-5-2-6-11-16)28-24-20-18(14-26-23(19)24)27-17-12-7-13-25-22(17)20/h1-14,27-28H. The van der Waals surface area contributed by atoms with Crippen molar-refractivity contribution in [2.75, 3.05) is 0 Å². The molecule has 0 saturated heterocycles. The molecule has 28 heavy (non-hydrogen) atoms. The van der Waals surface area contributed by atoms with Gasteiger partial charge in [-0.05, 0) is 23.3 Å². The average Bonchev–Trinajstić information content (AvgIpc) is 3.33. The Morgan fingerprint density at radius 1 is 0.607 bits per heavy atom. The predicted octanol–water partition coefficient (Wildman–Crippen LogP) is 5.93. The predicted molar refractivity (Wildman–Crippen MR) is 114 cm³/mol. The molecule has 0 radical (unpaired) electrons. The number of H-pyrrole nitrogens is 2. The Balaban J connectivity index is 1.80. The van der Waals surface area contributed by atoms with Crippen LogP contribution in [0.15, 0.2) is 85.2 Å². The summed E-state index contributed by atoms with van der Waals surface area (Å²) in [6.07, 6.45) is 3.75. The minimum absolute atomic E-state index is 0.962. The highest BCUT2D eigenvalue weighted by molar-refractivity contribution is 6.20. The van der Waals surface area contributed by atoms with Crippen LogP contribution in [-0.4, -0.2) is 19.9 Å². The largest absolute Gasteiger partial charge is 0.352 e. The van der Waals surface area contributed by atoms with Gasteiger partial charge >= 0.3 is 0 Å². The van der Waals surface area contributed by atoms with Gasteiger partial charge < -0.3 is 9.97 Å². The van der Waals surface area contributed by atoms with Gasteiger partial charge in [-0.3, -0.25) is 9.97 Å². The minimum Gasteiger partial charge on any atom is -0.352 e. The van der Waals surface area contributed by atoms with Gasteiger partial charge in [0.05, 0.1) is 44.9 Å². The van der Waals surface area contributed by atoms with Crippen LogP contribution in [0.25, 0.3) is 55.4 Å². The molecular formula is C24H16N4. The van der Waals surface area contributed by atoms with Crippen molar-refractivity contribution in [3.8, 4) is 22.4 Å². The highest BCUT2D eigenvalue weighted by Gasteiger charge is 2.20. The Labute approximate surface area is 160 Å². The first kappa shape index (κ1) is 15.2. The van der Waals surface area contributed by atoms with E-state index in [1.54, 1.807) is 0 Å². The van der Waals surface area contributed by atoms with E-state index < -0.39 is 0 Å². The lowest BCUT2D eigenvalue weighted by Crippen LogP contribution is -1.83. The number of aromatic nitrogens is 4. The number of benzene rings is 2. The molecule has 4 heterocycles. The van der Waals surface area contributed by atoms with Crippen LogP contribution in [0.3, 0.4) is 0 Å². The topological polar surface area (TPSA) is 57.4 Å². The molecule has 0 aliphatic heterocycles. The number of fused-ring (bicyclic) bond motifs is 5. The van der Waals surface area contributed by atoms with Gasteiger partial charge in [-0.2, -0.15) is 0 Å². The third-order valence-corrected chi connectivity index (χ3v) is 5.25. The summed E-state index contributed by atoms with van der Waals surface area (Å²) < 4.78 is 0. The third kappa shape index (κ3) is 2.12. The van der Waals surface area contributed by atoms with Crippen molar-refractivity contribution in [1.29, 1.82) is 0 Å². The summed E-state index contributed by atoms with van der Waals surface area (Å²) in [5, 5.41) is 1.08. The van der Waals surface area contributed by atoms with Crippen LogP contribution in [0, 0.1) is 0 Å². The van der Waals surface area contributed by atoms with Crippen LogP contribution in [0.4, 0.5) is 0 Å². The monoisotopic (exact) mass is 360 g/mol. The first-order chi connectivity index (χ1) is 13.9. The van der Waals surface area contributed by atoms with Crippen molar-refractivity contribution in [3.05, 3.63) is 85.2 Å². The smallest absolute Gasteiger partial charge is 0.0979 e. The average molecular weight is 360 g/mol. The number of hydrogen-bond acceptors (Lipinski definition) is 2. The van der Waals surface area contributed by atoms with Crippen molar-refractivity contribution in [3.63, 3.8) is 0 Å². The fraction of sp³-hybridized carbons (Fsp3) is 0. The van der Waals surface area contributed by atoms with Gasteiger partial charge in [-0.1, -0.05) is 60.7 Å². The molecule has 4 nitrogen and oxygen atoms in total. The van der Waals surface area contributed by atoms with Crippen molar-refractivity contribution in [2.45, 2.75) is 0 Å². The molecule has 2 N–H and O–H groups in total. The van der Waals surface area contributed by atoms with Gasteiger partial charge in [0.1, 0.15) is 0 Å². The SMILES string of the molecule is c1ccc(-c2[nH]c3c(ncc4[nH]c5cccnc5c43)c2-c2ccccc2)cc1. The summed E-state index contributed by atoms with van der Waals surface area (Å²) in [6, 6.07) is 24.8. The van der Waals surface area contributed by atoms with Gasteiger partial charge in [-0.15, -0.1) is 0 Å². The zero-order valence-corrected chi connectivity index (χ0v) is 15.0. The summed E-state index contributed by atoms with van der Waals surface area (Å²) in [7, 11) is 0. The number of rotatable bonds is 2. The lowest BCUT2D eigenvalue weighted by atomic mass is 10.0. The number of pyridine rings is 2. The van der Waals surface area contributed by atoms with Crippen molar-refractivity contribution in [2.24, 2.45) is 0 Å². The molecular weight excluding hydrogens is 344 g/mol. The Hall–Kier alpha value is -3.92. The maximum atomic E-state index is 4.84. The van der Waals surface area contributed by atoms with Crippen LogP contribution in [0.2, 0.25) is 0 Å². The van der Waals surface area contributed by atoms with Gasteiger partial charge in [0.25, 0.3) is 0 Å². The fourth-order valence-electron chi connectivity index (χ4n) is 4.03. The third-order valence-electron chi connectivity index (χ3n) is 5.25. The molecule has 4 heteroatoms. The normalized spacial score (nSPS) is 11.6. The summed E-state index contributed by atoms with van der Waals surface area (Å²) in [5.74, 6) is 0. The zero-order chi connectivity index (χ0) is 18.5. The summed E-state index contributed by atoms with van der Waals surface area (Å²) in [6.45, 7) is 0. The van der Waals surface area contributed by atoms with Gasteiger partial charge in [-0.25, -0.2) is 0 Å². The van der Waals surface area contributed by atoms with Crippen LogP contribution in [-0.2, 0) is 0 Å². The van der Waals surface area contributed by atoms with E-state index >= 15 is 0 Å². The van der Waals surface area contributed by atoms with Crippen molar-refractivity contribution in [1.82, 2.24) is 19.9 Å². The summed E-state index contributed by atoms with van der Waals surface area (Å²) in [5.41, 5.74) is 9.42. The van der Waals surface area contributed by atoms with E-state index in [0.717, 1.165) is 55.4 Å².